The van der Waals surface area contributed by atoms with Crippen molar-refractivity contribution < 1.29 is 29.2 Å². The second-order valence-corrected chi connectivity index (χ2v) is 8.30. The quantitative estimate of drug-likeness (QED) is 0.266. The van der Waals surface area contributed by atoms with Crippen LogP contribution in [0, 0.1) is 9.65 Å². The van der Waals surface area contributed by atoms with E-state index in [1.165, 1.54) is 30.7 Å². The molecule has 10 nitrogen and oxygen atoms in total. The van der Waals surface area contributed by atoms with E-state index in [0.29, 0.717) is 21.5 Å². The van der Waals surface area contributed by atoms with E-state index in [4.69, 9.17) is 9.47 Å². The summed E-state index contributed by atoms with van der Waals surface area (Å²) in [6, 6.07) is 6.01. The number of hydrogen-bond donors (Lipinski definition) is 4. The Hall–Kier alpha value is -2.13. The van der Waals surface area contributed by atoms with Gasteiger partial charge in [-0.2, -0.15) is 9.97 Å². The number of imidazole rings is 1. The highest BCUT2D eigenvalue weighted by molar-refractivity contribution is 14.1. The van der Waals surface area contributed by atoms with Crippen molar-refractivity contribution in [2.24, 2.45) is 0 Å². The first-order valence-electron chi connectivity index (χ1n) is 9.40. The fourth-order valence-electron chi connectivity index (χ4n) is 3.50. The molecule has 12 heteroatoms. The Balaban J connectivity index is 1.74. The monoisotopic (exact) mass is 545 g/mol. The molecule has 4 N–H and O–H groups in total. The summed E-state index contributed by atoms with van der Waals surface area (Å²) < 4.78 is 26.2. The van der Waals surface area contributed by atoms with E-state index in [0.717, 1.165) is 5.56 Å². The average molecular weight is 545 g/mol. The van der Waals surface area contributed by atoms with Gasteiger partial charge in [0, 0.05) is 29.1 Å². The molecule has 0 unspecified atom stereocenters. The summed E-state index contributed by atoms with van der Waals surface area (Å²) in [5.74, 6) is 0.108. The van der Waals surface area contributed by atoms with Gasteiger partial charge in [-0.15, -0.1) is 0 Å². The van der Waals surface area contributed by atoms with Crippen LogP contribution in [0.2, 0.25) is 0 Å². The maximum atomic E-state index is 13.1. The van der Waals surface area contributed by atoms with Gasteiger partial charge in [-0.1, -0.05) is 12.1 Å². The minimum Gasteiger partial charge on any atom is -0.479 e. The van der Waals surface area contributed by atoms with Gasteiger partial charge in [0.05, 0.1) is 13.7 Å². The largest absolute Gasteiger partial charge is 0.479 e. The molecule has 1 aliphatic rings. The van der Waals surface area contributed by atoms with Crippen LogP contribution >= 0.6 is 22.6 Å². The third-order valence-electron chi connectivity index (χ3n) is 5.19. The van der Waals surface area contributed by atoms with Crippen LogP contribution in [0.3, 0.4) is 0 Å². The number of benzene rings is 1. The maximum absolute atomic E-state index is 13.1. The lowest BCUT2D eigenvalue weighted by Gasteiger charge is -2.27. The first-order chi connectivity index (χ1) is 14.8. The Morgan fingerprint density at radius 3 is 2.61 bits per heavy atom. The fraction of sp³-hybridized carbons (Fsp3) is 0.421. The summed E-state index contributed by atoms with van der Waals surface area (Å²) >= 11 is 1.96. The molecular weight excluding hydrogens is 524 g/mol. The highest BCUT2D eigenvalue weighted by atomic mass is 127. The van der Waals surface area contributed by atoms with Gasteiger partial charge >= 0.3 is 0 Å². The molecule has 0 bridgehead atoms. The smallest absolute Gasteiger partial charge is 0.247 e. The molecular formula is C19H21FIN5O5. The molecule has 4 atom stereocenters. The standard InChI is InChI=1S/C19H21FIN5O5/c1-19(29)13(28)11(8-27)31-16(19)26-14-12(23-17(26)21)15(30-2)25-18(24-14)22-7-9-3-5-10(20)6-4-9/h3-6,11,13,16,27-29H,7-8H2,1-2H3,(H,22,24,25)/t11-,13-,16-,19-/m1/s1. The van der Waals surface area contributed by atoms with Crippen molar-refractivity contribution in [1.29, 1.82) is 0 Å². The van der Waals surface area contributed by atoms with Crippen molar-refractivity contribution >= 4 is 39.7 Å². The SMILES string of the molecule is COc1nc(NCc2ccc(F)cc2)nc2c1nc(I)n2[C@@H]1O[C@H](CO)[C@@H](O)[C@@]1(C)O. The third-order valence-corrected chi connectivity index (χ3v) is 5.95. The molecule has 3 aromatic rings. The molecule has 3 heterocycles. The summed E-state index contributed by atoms with van der Waals surface area (Å²) in [5.41, 5.74) is -0.224. The predicted molar refractivity (Wildman–Crippen MR) is 116 cm³/mol. The van der Waals surface area contributed by atoms with E-state index in [1.807, 2.05) is 22.6 Å². The van der Waals surface area contributed by atoms with Crippen LogP contribution in [0.4, 0.5) is 10.3 Å². The van der Waals surface area contributed by atoms with Crippen LogP contribution in [0.5, 0.6) is 5.88 Å². The first-order valence-corrected chi connectivity index (χ1v) is 10.5. The molecule has 1 fully saturated rings. The van der Waals surface area contributed by atoms with Crippen molar-refractivity contribution in [3.63, 3.8) is 0 Å². The summed E-state index contributed by atoms with van der Waals surface area (Å²) in [4.78, 5) is 13.3. The zero-order valence-electron chi connectivity index (χ0n) is 16.7. The van der Waals surface area contributed by atoms with Crippen molar-refractivity contribution in [3.05, 3.63) is 39.5 Å². The molecule has 1 saturated heterocycles. The fourth-order valence-corrected chi connectivity index (χ4v) is 4.22. The second-order valence-electron chi connectivity index (χ2n) is 7.34. The van der Waals surface area contributed by atoms with Crippen LogP contribution in [0.15, 0.2) is 24.3 Å². The molecule has 31 heavy (non-hydrogen) atoms. The van der Waals surface area contributed by atoms with Gasteiger partial charge in [0.1, 0.15) is 23.6 Å². The Bertz CT molecular complexity index is 1090. The summed E-state index contributed by atoms with van der Waals surface area (Å²) in [7, 11) is 1.45. The van der Waals surface area contributed by atoms with Gasteiger partial charge in [0.25, 0.3) is 0 Å². The van der Waals surface area contributed by atoms with E-state index in [9.17, 15) is 19.7 Å². The van der Waals surface area contributed by atoms with Crippen LogP contribution in [-0.4, -0.2) is 66.4 Å². The van der Waals surface area contributed by atoms with Crippen LogP contribution in [0.25, 0.3) is 11.2 Å². The molecule has 0 radical (unpaired) electrons. The van der Waals surface area contributed by atoms with Crippen LogP contribution < -0.4 is 10.1 Å². The number of nitrogens with zero attached hydrogens (tertiary/aromatic N) is 4. The van der Waals surface area contributed by atoms with Crippen LogP contribution in [0.1, 0.15) is 18.7 Å². The summed E-state index contributed by atoms with van der Waals surface area (Å²) in [6.45, 7) is 1.30. The molecule has 0 aliphatic carbocycles. The van der Waals surface area contributed by atoms with E-state index in [-0.39, 0.29) is 17.6 Å². The number of ether oxygens (including phenoxy) is 2. The minimum absolute atomic E-state index is 0.208. The molecule has 2 aromatic heterocycles. The molecule has 1 aromatic carbocycles. The Kier molecular flexibility index (Phi) is 6.00. The highest BCUT2D eigenvalue weighted by Crippen LogP contribution is 2.41. The van der Waals surface area contributed by atoms with Crippen molar-refractivity contribution in [2.75, 3.05) is 19.0 Å². The number of methoxy groups -OCH3 is 1. The Labute approximate surface area is 190 Å². The second kappa shape index (κ2) is 8.43. The number of aromatic nitrogens is 4. The van der Waals surface area contributed by atoms with Gasteiger partial charge in [-0.05, 0) is 24.6 Å². The summed E-state index contributed by atoms with van der Waals surface area (Å²) in [6.07, 6.45) is -3.33. The van der Waals surface area contributed by atoms with Gasteiger partial charge in [-0.3, -0.25) is 4.57 Å². The highest BCUT2D eigenvalue weighted by Gasteiger charge is 2.53. The third kappa shape index (κ3) is 3.93. The van der Waals surface area contributed by atoms with E-state index < -0.39 is 30.6 Å². The van der Waals surface area contributed by atoms with Crippen molar-refractivity contribution in [3.8, 4) is 5.88 Å². The Morgan fingerprint density at radius 2 is 2.00 bits per heavy atom. The van der Waals surface area contributed by atoms with E-state index in [2.05, 4.69) is 20.3 Å². The number of aliphatic hydroxyl groups is 3. The lowest BCUT2D eigenvalue weighted by Crippen LogP contribution is -2.44. The molecule has 166 valence electrons. The number of anilines is 1. The van der Waals surface area contributed by atoms with Gasteiger partial charge in [-0.25, -0.2) is 9.37 Å². The van der Waals surface area contributed by atoms with Crippen LogP contribution in [-0.2, 0) is 11.3 Å². The topological polar surface area (TPSA) is 135 Å². The summed E-state index contributed by atoms with van der Waals surface area (Å²) in [5, 5.41) is 33.8. The number of rotatable bonds is 6. The molecule has 0 amide bonds. The van der Waals surface area contributed by atoms with E-state index in [1.54, 1.807) is 12.1 Å². The zero-order valence-corrected chi connectivity index (χ0v) is 18.8. The lowest BCUT2D eigenvalue weighted by molar-refractivity contribution is -0.0961. The minimum atomic E-state index is -1.71. The Morgan fingerprint density at radius 1 is 1.29 bits per heavy atom. The lowest BCUT2D eigenvalue weighted by atomic mass is 9.96. The maximum Gasteiger partial charge on any atom is 0.247 e. The number of aliphatic hydroxyl groups excluding tert-OH is 2. The number of nitrogens with one attached hydrogen (secondary N) is 1. The van der Waals surface area contributed by atoms with E-state index >= 15 is 0 Å². The normalized spacial score (nSPS) is 25.8. The average Bonchev–Trinajstić information content (AvgIpc) is 3.19. The first kappa shape index (κ1) is 22.1. The molecule has 1 aliphatic heterocycles. The molecule has 4 rings (SSSR count). The molecule has 0 saturated carbocycles. The van der Waals surface area contributed by atoms with Gasteiger partial charge < -0.3 is 30.1 Å². The molecule has 0 spiro atoms. The predicted octanol–water partition coefficient (Wildman–Crippen LogP) is 1.19. The van der Waals surface area contributed by atoms with Crippen molar-refractivity contribution in [1.82, 2.24) is 19.5 Å². The van der Waals surface area contributed by atoms with Gasteiger partial charge in [0.15, 0.2) is 21.2 Å². The zero-order chi connectivity index (χ0) is 22.3. The van der Waals surface area contributed by atoms with Crippen molar-refractivity contribution in [2.45, 2.75) is 37.5 Å². The number of fused-ring (bicyclic) bond motifs is 1. The number of halogens is 2. The van der Waals surface area contributed by atoms with Gasteiger partial charge in [0.2, 0.25) is 11.8 Å². The number of hydrogen-bond acceptors (Lipinski definition) is 9.